The predicted octanol–water partition coefficient (Wildman–Crippen LogP) is 2.17. The average Bonchev–Trinajstić information content (AvgIpc) is 3.15. The van der Waals surface area contributed by atoms with Gasteiger partial charge >= 0.3 is 12.0 Å². The Kier molecular flexibility index (Phi) is 4.66. The van der Waals surface area contributed by atoms with Crippen molar-refractivity contribution in [2.75, 3.05) is 19.6 Å². The summed E-state index contributed by atoms with van der Waals surface area (Å²) in [5, 5.41) is 8.97. The zero-order valence-electron chi connectivity index (χ0n) is 11.7. The van der Waals surface area contributed by atoms with Gasteiger partial charge in [0.15, 0.2) is 0 Å². The monoisotopic (exact) mass is 268 g/mol. The molecule has 0 radical (unpaired) electrons. The SMILES string of the molecule is CC1CCCCCN1C(=O)N(CC(=O)O)CC1CC1. The molecule has 1 saturated heterocycles. The molecule has 1 unspecified atom stereocenters. The number of carbonyl (C=O) groups excluding carboxylic acids is 1. The van der Waals surface area contributed by atoms with Crippen LogP contribution in [0.5, 0.6) is 0 Å². The molecule has 1 atom stereocenters. The van der Waals surface area contributed by atoms with Crippen LogP contribution < -0.4 is 0 Å². The normalized spacial score (nSPS) is 23.8. The van der Waals surface area contributed by atoms with E-state index in [1.807, 2.05) is 4.90 Å². The van der Waals surface area contributed by atoms with E-state index in [4.69, 9.17) is 5.11 Å². The van der Waals surface area contributed by atoms with Crippen LogP contribution in [0.15, 0.2) is 0 Å². The molecule has 1 aliphatic heterocycles. The van der Waals surface area contributed by atoms with Crippen LogP contribution in [0.2, 0.25) is 0 Å². The summed E-state index contributed by atoms with van der Waals surface area (Å²) in [5.74, 6) is -0.401. The van der Waals surface area contributed by atoms with E-state index in [9.17, 15) is 9.59 Å². The van der Waals surface area contributed by atoms with Crippen LogP contribution >= 0.6 is 0 Å². The molecule has 0 spiro atoms. The van der Waals surface area contributed by atoms with Crippen molar-refractivity contribution >= 4 is 12.0 Å². The number of carboxylic acids is 1. The standard InChI is InChI=1S/C14H24N2O3/c1-11-5-3-2-4-8-16(11)14(19)15(10-13(17)18)9-12-6-7-12/h11-12H,2-10H2,1H3,(H,17,18). The Bertz CT molecular complexity index is 342. The van der Waals surface area contributed by atoms with E-state index < -0.39 is 5.97 Å². The highest BCUT2D eigenvalue weighted by atomic mass is 16.4. The molecule has 0 aromatic heterocycles. The number of carboxylic acid groups (broad SMARTS) is 1. The van der Waals surface area contributed by atoms with Crippen molar-refractivity contribution in [3.8, 4) is 0 Å². The van der Waals surface area contributed by atoms with Gasteiger partial charge in [-0.15, -0.1) is 0 Å². The lowest BCUT2D eigenvalue weighted by Gasteiger charge is -2.33. The Balaban J connectivity index is 2.00. The Hall–Kier alpha value is -1.26. The summed E-state index contributed by atoms with van der Waals surface area (Å²) >= 11 is 0. The van der Waals surface area contributed by atoms with Gasteiger partial charge in [-0.25, -0.2) is 4.79 Å². The number of urea groups is 1. The van der Waals surface area contributed by atoms with Crippen molar-refractivity contribution in [1.82, 2.24) is 9.80 Å². The van der Waals surface area contributed by atoms with Crippen molar-refractivity contribution in [3.63, 3.8) is 0 Å². The molecular weight excluding hydrogens is 244 g/mol. The number of aliphatic carboxylic acids is 1. The fourth-order valence-corrected chi connectivity index (χ4v) is 2.73. The van der Waals surface area contributed by atoms with Crippen molar-refractivity contribution in [2.24, 2.45) is 5.92 Å². The van der Waals surface area contributed by atoms with Gasteiger partial charge in [0.05, 0.1) is 0 Å². The summed E-state index contributed by atoms with van der Waals surface area (Å²) in [6.45, 7) is 3.27. The highest BCUT2D eigenvalue weighted by molar-refractivity contribution is 5.80. The highest BCUT2D eigenvalue weighted by Gasteiger charge is 2.32. The number of hydrogen-bond donors (Lipinski definition) is 1. The van der Waals surface area contributed by atoms with Gasteiger partial charge in [0.1, 0.15) is 6.54 Å². The second kappa shape index (κ2) is 6.26. The first-order chi connectivity index (χ1) is 9.08. The smallest absolute Gasteiger partial charge is 0.323 e. The summed E-state index contributed by atoms with van der Waals surface area (Å²) in [5.41, 5.74) is 0. The van der Waals surface area contributed by atoms with Crippen molar-refractivity contribution in [1.29, 1.82) is 0 Å². The third kappa shape index (κ3) is 4.11. The molecule has 0 aromatic carbocycles. The third-order valence-electron chi connectivity index (χ3n) is 4.07. The summed E-state index contributed by atoms with van der Waals surface area (Å²) < 4.78 is 0. The molecule has 19 heavy (non-hydrogen) atoms. The summed E-state index contributed by atoms with van der Waals surface area (Å²) in [6, 6.07) is 0.147. The quantitative estimate of drug-likeness (QED) is 0.850. The first-order valence-corrected chi connectivity index (χ1v) is 7.35. The molecular formula is C14H24N2O3. The predicted molar refractivity (Wildman–Crippen MR) is 72.0 cm³/mol. The van der Waals surface area contributed by atoms with Crippen LogP contribution in [-0.2, 0) is 4.79 Å². The molecule has 108 valence electrons. The zero-order chi connectivity index (χ0) is 13.8. The lowest BCUT2D eigenvalue weighted by atomic mass is 10.1. The second-order valence-corrected chi connectivity index (χ2v) is 5.89. The zero-order valence-corrected chi connectivity index (χ0v) is 11.7. The molecule has 2 aliphatic rings. The minimum Gasteiger partial charge on any atom is -0.480 e. The molecule has 1 heterocycles. The molecule has 2 rings (SSSR count). The van der Waals surface area contributed by atoms with E-state index in [1.54, 1.807) is 0 Å². The number of hydrogen-bond acceptors (Lipinski definition) is 2. The largest absolute Gasteiger partial charge is 0.480 e. The average molecular weight is 268 g/mol. The highest BCUT2D eigenvalue weighted by Crippen LogP contribution is 2.30. The summed E-state index contributed by atoms with van der Waals surface area (Å²) in [6.07, 6.45) is 6.62. The second-order valence-electron chi connectivity index (χ2n) is 5.89. The maximum absolute atomic E-state index is 12.5. The van der Waals surface area contributed by atoms with Crippen LogP contribution in [0.4, 0.5) is 4.79 Å². The van der Waals surface area contributed by atoms with Crippen molar-refractivity contribution in [3.05, 3.63) is 0 Å². The molecule has 5 nitrogen and oxygen atoms in total. The minimum atomic E-state index is -0.920. The molecule has 2 amide bonds. The number of likely N-dealkylation sites (tertiary alicyclic amines) is 1. The van der Waals surface area contributed by atoms with Crippen LogP contribution in [0.1, 0.15) is 45.4 Å². The molecule has 0 aromatic rings. The van der Waals surface area contributed by atoms with E-state index in [2.05, 4.69) is 6.92 Å². The van der Waals surface area contributed by atoms with Gasteiger partial charge in [0.2, 0.25) is 0 Å². The van der Waals surface area contributed by atoms with Gasteiger partial charge in [0, 0.05) is 19.1 Å². The Labute approximate surface area is 114 Å². The fourth-order valence-electron chi connectivity index (χ4n) is 2.73. The minimum absolute atomic E-state index is 0.0799. The van der Waals surface area contributed by atoms with Gasteiger partial charge in [-0.3, -0.25) is 4.79 Å². The van der Waals surface area contributed by atoms with Crippen molar-refractivity contribution in [2.45, 2.75) is 51.5 Å². The summed E-state index contributed by atoms with van der Waals surface area (Å²) in [7, 11) is 0. The number of nitrogens with zero attached hydrogens (tertiary/aromatic N) is 2. The van der Waals surface area contributed by atoms with E-state index >= 15 is 0 Å². The lowest BCUT2D eigenvalue weighted by Crippen LogP contribution is -2.49. The van der Waals surface area contributed by atoms with Gasteiger partial charge in [0.25, 0.3) is 0 Å². The topological polar surface area (TPSA) is 60.9 Å². The molecule has 1 N–H and O–H groups in total. The van der Waals surface area contributed by atoms with Crippen LogP contribution in [0.25, 0.3) is 0 Å². The van der Waals surface area contributed by atoms with Crippen molar-refractivity contribution < 1.29 is 14.7 Å². The molecule has 0 bridgehead atoms. The Morgan fingerprint density at radius 3 is 2.58 bits per heavy atom. The van der Waals surface area contributed by atoms with Crippen LogP contribution in [0, 0.1) is 5.92 Å². The van der Waals surface area contributed by atoms with Gasteiger partial charge < -0.3 is 14.9 Å². The number of rotatable bonds is 4. The van der Waals surface area contributed by atoms with Crippen LogP contribution in [0.3, 0.4) is 0 Å². The lowest BCUT2D eigenvalue weighted by molar-refractivity contribution is -0.137. The fraction of sp³-hybridized carbons (Fsp3) is 0.857. The van der Waals surface area contributed by atoms with Gasteiger partial charge in [-0.1, -0.05) is 12.8 Å². The molecule has 5 heteroatoms. The Morgan fingerprint density at radius 1 is 1.21 bits per heavy atom. The number of amides is 2. The Morgan fingerprint density at radius 2 is 1.95 bits per heavy atom. The first-order valence-electron chi connectivity index (χ1n) is 7.35. The maximum atomic E-state index is 12.5. The van der Waals surface area contributed by atoms with Crippen LogP contribution in [-0.4, -0.2) is 52.6 Å². The first kappa shape index (κ1) is 14.2. The van der Waals surface area contributed by atoms with Gasteiger partial charge in [-0.2, -0.15) is 0 Å². The molecule has 2 fully saturated rings. The van der Waals surface area contributed by atoms with E-state index in [1.165, 1.54) is 4.90 Å². The van der Waals surface area contributed by atoms with E-state index in [-0.39, 0.29) is 18.6 Å². The molecule has 1 aliphatic carbocycles. The molecule has 1 saturated carbocycles. The maximum Gasteiger partial charge on any atom is 0.323 e. The summed E-state index contributed by atoms with van der Waals surface area (Å²) in [4.78, 5) is 26.9. The number of carbonyl (C=O) groups is 2. The van der Waals surface area contributed by atoms with E-state index in [0.29, 0.717) is 12.5 Å². The van der Waals surface area contributed by atoms with E-state index in [0.717, 1.165) is 45.1 Å². The van der Waals surface area contributed by atoms with Gasteiger partial charge in [-0.05, 0) is 38.5 Å². The third-order valence-corrected chi connectivity index (χ3v) is 4.07.